The van der Waals surface area contributed by atoms with Crippen LogP contribution in [0.3, 0.4) is 0 Å². The van der Waals surface area contributed by atoms with Gasteiger partial charge in [0.2, 0.25) is 5.88 Å². The molecule has 4 rings (SSSR count). The van der Waals surface area contributed by atoms with Gasteiger partial charge in [-0.2, -0.15) is 4.52 Å². The number of fused-ring (bicyclic) bond motifs is 1. The molecule has 9 nitrogen and oxygen atoms in total. The summed E-state index contributed by atoms with van der Waals surface area (Å²) in [6.07, 6.45) is 0. The zero-order chi connectivity index (χ0) is 23.9. The van der Waals surface area contributed by atoms with E-state index >= 15 is 0 Å². The highest BCUT2D eigenvalue weighted by Gasteiger charge is 2.14. The SMILES string of the molecule is COc1ccccc1-c1nnc2ccc(OCCNC(=O)COc3ccccc3C(C)C)nn12. The number of rotatable bonds is 10. The van der Waals surface area contributed by atoms with Gasteiger partial charge in [-0.15, -0.1) is 15.3 Å². The molecule has 0 aliphatic carbocycles. The van der Waals surface area contributed by atoms with Gasteiger partial charge in [0.25, 0.3) is 5.91 Å². The average Bonchev–Trinajstić information content (AvgIpc) is 3.28. The van der Waals surface area contributed by atoms with E-state index < -0.39 is 0 Å². The quantitative estimate of drug-likeness (QED) is 0.361. The van der Waals surface area contributed by atoms with Crippen molar-refractivity contribution < 1.29 is 19.0 Å². The van der Waals surface area contributed by atoms with Gasteiger partial charge < -0.3 is 19.5 Å². The number of para-hydroxylation sites is 2. The molecule has 0 saturated heterocycles. The molecule has 4 aromatic rings. The molecule has 0 aliphatic heterocycles. The zero-order valence-corrected chi connectivity index (χ0v) is 19.4. The molecule has 0 aliphatic rings. The van der Waals surface area contributed by atoms with E-state index in [4.69, 9.17) is 14.2 Å². The highest BCUT2D eigenvalue weighted by atomic mass is 16.5. The van der Waals surface area contributed by atoms with E-state index in [1.807, 2.05) is 48.5 Å². The van der Waals surface area contributed by atoms with Crippen molar-refractivity contribution >= 4 is 11.6 Å². The number of ether oxygens (including phenoxy) is 3. The molecule has 2 aromatic carbocycles. The summed E-state index contributed by atoms with van der Waals surface area (Å²) < 4.78 is 18.4. The predicted octanol–water partition coefficient (Wildman–Crippen LogP) is 3.50. The van der Waals surface area contributed by atoms with E-state index in [0.717, 1.165) is 16.9 Å². The third-order valence-electron chi connectivity index (χ3n) is 5.16. The van der Waals surface area contributed by atoms with Gasteiger partial charge in [-0.3, -0.25) is 4.79 Å². The fourth-order valence-corrected chi connectivity index (χ4v) is 3.48. The largest absolute Gasteiger partial charge is 0.496 e. The molecule has 9 heteroatoms. The van der Waals surface area contributed by atoms with Crippen LogP contribution in [0.4, 0.5) is 0 Å². The second-order valence-electron chi connectivity index (χ2n) is 7.85. The van der Waals surface area contributed by atoms with Crippen LogP contribution >= 0.6 is 0 Å². The number of carbonyl (C=O) groups excluding carboxylic acids is 1. The van der Waals surface area contributed by atoms with Crippen LogP contribution in [0, 0.1) is 0 Å². The van der Waals surface area contributed by atoms with Gasteiger partial charge in [-0.25, -0.2) is 0 Å². The molecule has 1 amide bonds. The summed E-state index contributed by atoms with van der Waals surface area (Å²) in [7, 11) is 1.60. The third kappa shape index (κ3) is 5.25. The molecule has 0 unspecified atom stereocenters. The van der Waals surface area contributed by atoms with E-state index in [0.29, 0.717) is 35.6 Å². The van der Waals surface area contributed by atoms with Crippen LogP contribution in [-0.4, -0.2) is 52.6 Å². The second-order valence-corrected chi connectivity index (χ2v) is 7.85. The van der Waals surface area contributed by atoms with Crippen molar-refractivity contribution in [1.29, 1.82) is 0 Å². The summed E-state index contributed by atoms with van der Waals surface area (Å²) in [5.41, 5.74) is 2.43. The number of nitrogens with one attached hydrogen (secondary N) is 1. The van der Waals surface area contributed by atoms with Crippen LogP contribution in [-0.2, 0) is 4.79 Å². The summed E-state index contributed by atoms with van der Waals surface area (Å²) in [5.74, 6) is 2.42. The van der Waals surface area contributed by atoms with Crippen LogP contribution < -0.4 is 19.5 Å². The zero-order valence-electron chi connectivity index (χ0n) is 19.4. The maximum Gasteiger partial charge on any atom is 0.258 e. The molecule has 0 atom stereocenters. The minimum atomic E-state index is -0.220. The first-order valence-electron chi connectivity index (χ1n) is 11.0. The fourth-order valence-electron chi connectivity index (χ4n) is 3.48. The first-order valence-corrected chi connectivity index (χ1v) is 11.0. The summed E-state index contributed by atoms with van der Waals surface area (Å²) >= 11 is 0. The summed E-state index contributed by atoms with van der Waals surface area (Å²) in [6.45, 7) is 4.68. The Morgan fingerprint density at radius 1 is 0.971 bits per heavy atom. The van der Waals surface area contributed by atoms with Crippen molar-refractivity contribution in [2.75, 3.05) is 26.9 Å². The maximum atomic E-state index is 12.2. The number of hydrogen-bond acceptors (Lipinski definition) is 7. The van der Waals surface area contributed by atoms with E-state index in [1.54, 1.807) is 23.8 Å². The van der Waals surface area contributed by atoms with E-state index in [9.17, 15) is 4.79 Å². The molecule has 2 heterocycles. The van der Waals surface area contributed by atoms with Crippen LogP contribution in [0.25, 0.3) is 17.0 Å². The minimum absolute atomic E-state index is 0.0586. The number of benzene rings is 2. The van der Waals surface area contributed by atoms with E-state index in [2.05, 4.69) is 34.5 Å². The molecule has 34 heavy (non-hydrogen) atoms. The lowest BCUT2D eigenvalue weighted by Gasteiger charge is -2.13. The number of amides is 1. The van der Waals surface area contributed by atoms with Gasteiger partial charge in [-0.1, -0.05) is 44.2 Å². The van der Waals surface area contributed by atoms with Gasteiger partial charge >= 0.3 is 0 Å². The Morgan fingerprint density at radius 3 is 2.53 bits per heavy atom. The van der Waals surface area contributed by atoms with Crippen molar-refractivity contribution in [3.05, 3.63) is 66.2 Å². The van der Waals surface area contributed by atoms with Crippen LogP contribution in [0.2, 0.25) is 0 Å². The molecule has 1 N–H and O–H groups in total. The maximum absolute atomic E-state index is 12.2. The van der Waals surface area contributed by atoms with Gasteiger partial charge in [-0.05, 0) is 35.7 Å². The first-order chi connectivity index (χ1) is 16.6. The normalized spacial score (nSPS) is 10.9. The minimum Gasteiger partial charge on any atom is -0.496 e. The molecule has 0 bridgehead atoms. The Morgan fingerprint density at radius 2 is 1.74 bits per heavy atom. The molecule has 0 spiro atoms. The first kappa shape index (κ1) is 23.0. The van der Waals surface area contributed by atoms with Crippen molar-refractivity contribution in [3.63, 3.8) is 0 Å². The molecule has 2 aromatic heterocycles. The standard InChI is InChI=1S/C25H27N5O4/c1-17(2)18-8-4-7-11-21(18)34-16-23(31)26-14-15-33-24-13-12-22-27-28-25(30(22)29-24)19-9-5-6-10-20(19)32-3/h4-13,17H,14-16H2,1-3H3,(H,26,31). The van der Waals surface area contributed by atoms with Crippen molar-refractivity contribution in [1.82, 2.24) is 25.1 Å². The summed E-state index contributed by atoms with van der Waals surface area (Å²) in [6, 6.07) is 18.7. The van der Waals surface area contributed by atoms with E-state index in [-0.39, 0.29) is 19.1 Å². The average molecular weight is 462 g/mol. The summed E-state index contributed by atoms with van der Waals surface area (Å²) in [5, 5.41) is 15.7. The molecule has 0 fully saturated rings. The monoisotopic (exact) mass is 461 g/mol. The third-order valence-corrected chi connectivity index (χ3v) is 5.16. The number of methoxy groups -OCH3 is 1. The van der Waals surface area contributed by atoms with Crippen molar-refractivity contribution in [3.8, 4) is 28.8 Å². The predicted molar refractivity (Wildman–Crippen MR) is 127 cm³/mol. The highest BCUT2D eigenvalue weighted by Crippen LogP contribution is 2.28. The van der Waals surface area contributed by atoms with Crippen molar-refractivity contribution in [2.24, 2.45) is 0 Å². The lowest BCUT2D eigenvalue weighted by molar-refractivity contribution is -0.123. The highest BCUT2D eigenvalue weighted by molar-refractivity contribution is 5.77. The summed E-state index contributed by atoms with van der Waals surface area (Å²) in [4.78, 5) is 12.2. The Hall–Kier alpha value is -4.14. The van der Waals surface area contributed by atoms with Gasteiger partial charge in [0.1, 0.15) is 18.1 Å². The fraction of sp³-hybridized carbons (Fsp3) is 0.280. The Kier molecular flexibility index (Phi) is 7.22. The number of nitrogens with zero attached hydrogens (tertiary/aromatic N) is 4. The Bertz CT molecular complexity index is 1270. The number of carbonyl (C=O) groups is 1. The molecule has 0 saturated carbocycles. The lowest BCUT2D eigenvalue weighted by atomic mass is 10.0. The molecular formula is C25H27N5O4. The van der Waals surface area contributed by atoms with Crippen LogP contribution in [0.15, 0.2) is 60.7 Å². The number of hydrogen-bond donors (Lipinski definition) is 1. The van der Waals surface area contributed by atoms with Gasteiger partial charge in [0, 0.05) is 6.07 Å². The Labute approximate surface area is 197 Å². The smallest absolute Gasteiger partial charge is 0.258 e. The van der Waals surface area contributed by atoms with E-state index in [1.165, 1.54) is 0 Å². The lowest BCUT2D eigenvalue weighted by Crippen LogP contribution is -2.32. The van der Waals surface area contributed by atoms with Gasteiger partial charge in [0.05, 0.1) is 19.2 Å². The molecular weight excluding hydrogens is 434 g/mol. The Balaban J connectivity index is 1.32. The topological polar surface area (TPSA) is 99.9 Å². The molecule has 0 radical (unpaired) electrons. The molecule has 176 valence electrons. The van der Waals surface area contributed by atoms with Crippen LogP contribution in [0.5, 0.6) is 17.4 Å². The number of aromatic nitrogens is 4. The van der Waals surface area contributed by atoms with Crippen molar-refractivity contribution in [2.45, 2.75) is 19.8 Å². The second kappa shape index (κ2) is 10.7. The van der Waals surface area contributed by atoms with Crippen LogP contribution in [0.1, 0.15) is 25.3 Å². The van der Waals surface area contributed by atoms with Gasteiger partial charge in [0.15, 0.2) is 18.1 Å².